The van der Waals surface area contributed by atoms with Crippen molar-refractivity contribution in [2.75, 3.05) is 20.6 Å². The molecule has 1 N–H and O–H groups in total. The molecule has 2 rings (SSSR count). The van der Waals surface area contributed by atoms with E-state index in [-0.39, 0.29) is 5.54 Å². The first-order valence-electron chi connectivity index (χ1n) is 8.09. The number of nitrogens with zero attached hydrogens (tertiary/aromatic N) is 2. The zero-order valence-electron chi connectivity index (χ0n) is 13.5. The van der Waals surface area contributed by atoms with Crippen molar-refractivity contribution in [1.82, 2.24) is 15.2 Å². The molecular formula is C17H28BrN3. The molecule has 0 aromatic carbocycles. The van der Waals surface area contributed by atoms with Crippen molar-refractivity contribution < 1.29 is 0 Å². The van der Waals surface area contributed by atoms with Crippen LogP contribution >= 0.6 is 15.9 Å². The minimum Gasteiger partial charge on any atom is -0.312 e. The van der Waals surface area contributed by atoms with Gasteiger partial charge in [-0.25, -0.2) is 0 Å². The molecule has 118 valence electrons. The zero-order chi connectivity index (χ0) is 15.3. The van der Waals surface area contributed by atoms with Crippen LogP contribution in [0.2, 0.25) is 0 Å². The third-order valence-electron chi connectivity index (χ3n) is 4.91. The molecule has 0 aliphatic heterocycles. The largest absolute Gasteiger partial charge is 0.312 e. The van der Waals surface area contributed by atoms with E-state index in [1.54, 1.807) is 0 Å². The Morgan fingerprint density at radius 3 is 2.57 bits per heavy atom. The van der Waals surface area contributed by atoms with E-state index in [1.165, 1.54) is 37.7 Å². The quantitative estimate of drug-likeness (QED) is 0.846. The Bertz CT molecular complexity index is 441. The highest BCUT2D eigenvalue weighted by Gasteiger charge is 2.41. The van der Waals surface area contributed by atoms with Crippen molar-refractivity contribution in [2.45, 2.75) is 57.0 Å². The highest BCUT2D eigenvalue weighted by atomic mass is 79.9. The smallest absolute Gasteiger partial charge is 0.0410 e. The number of hydrogen-bond donors (Lipinski definition) is 1. The standard InChI is InChI=1S/C17H28BrN3/c1-4-20-16(11-14-10-15(18)13-19-12-14)17(21(2)3)8-6-5-7-9-17/h10,12-13,16,20H,4-9,11H2,1-3H3. The van der Waals surface area contributed by atoms with E-state index in [4.69, 9.17) is 0 Å². The second-order valence-corrected chi connectivity index (χ2v) is 7.30. The predicted molar refractivity (Wildman–Crippen MR) is 92.6 cm³/mol. The minimum atomic E-state index is 0.274. The Morgan fingerprint density at radius 2 is 2.00 bits per heavy atom. The molecule has 1 saturated carbocycles. The summed E-state index contributed by atoms with van der Waals surface area (Å²) in [5.41, 5.74) is 1.58. The lowest BCUT2D eigenvalue weighted by molar-refractivity contribution is 0.0574. The van der Waals surface area contributed by atoms with Crippen molar-refractivity contribution >= 4 is 15.9 Å². The molecule has 0 radical (unpaired) electrons. The molecule has 1 aliphatic rings. The monoisotopic (exact) mass is 353 g/mol. The van der Waals surface area contributed by atoms with Crippen LogP contribution in [-0.4, -0.2) is 42.1 Å². The number of hydrogen-bond acceptors (Lipinski definition) is 3. The summed E-state index contributed by atoms with van der Waals surface area (Å²) in [6.45, 7) is 3.22. The number of rotatable bonds is 6. The van der Waals surface area contributed by atoms with Crippen LogP contribution in [0.25, 0.3) is 0 Å². The minimum absolute atomic E-state index is 0.274. The zero-order valence-corrected chi connectivity index (χ0v) is 15.1. The Morgan fingerprint density at radius 1 is 1.29 bits per heavy atom. The van der Waals surface area contributed by atoms with Crippen LogP contribution in [-0.2, 0) is 6.42 Å². The number of nitrogens with one attached hydrogen (secondary N) is 1. The van der Waals surface area contributed by atoms with Crippen LogP contribution in [0.5, 0.6) is 0 Å². The van der Waals surface area contributed by atoms with Gasteiger partial charge < -0.3 is 10.2 Å². The van der Waals surface area contributed by atoms with Gasteiger partial charge in [-0.2, -0.15) is 0 Å². The van der Waals surface area contributed by atoms with Crippen LogP contribution in [0.15, 0.2) is 22.9 Å². The lowest BCUT2D eigenvalue weighted by Gasteiger charge is -2.49. The molecule has 0 bridgehead atoms. The van der Waals surface area contributed by atoms with Crippen molar-refractivity contribution in [3.8, 4) is 0 Å². The summed E-state index contributed by atoms with van der Waals surface area (Å²) >= 11 is 3.54. The van der Waals surface area contributed by atoms with Crippen LogP contribution in [0.1, 0.15) is 44.6 Å². The first kappa shape index (κ1) is 16.9. The van der Waals surface area contributed by atoms with Gasteiger partial charge >= 0.3 is 0 Å². The number of likely N-dealkylation sites (N-methyl/N-ethyl adjacent to an activating group) is 2. The van der Waals surface area contributed by atoms with Crippen LogP contribution in [0, 0.1) is 0 Å². The lowest BCUT2D eigenvalue weighted by Crippen LogP contribution is -2.60. The molecular weight excluding hydrogens is 326 g/mol. The molecule has 1 atom stereocenters. The fraction of sp³-hybridized carbons (Fsp3) is 0.706. The third-order valence-corrected chi connectivity index (χ3v) is 5.34. The molecule has 1 fully saturated rings. The Hall–Kier alpha value is -0.450. The van der Waals surface area contributed by atoms with Crippen molar-refractivity contribution in [3.05, 3.63) is 28.5 Å². The van der Waals surface area contributed by atoms with Gasteiger partial charge in [0.05, 0.1) is 0 Å². The van der Waals surface area contributed by atoms with E-state index in [1.807, 2.05) is 12.4 Å². The van der Waals surface area contributed by atoms with E-state index in [0.717, 1.165) is 17.4 Å². The van der Waals surface area contributed by atoms with Gasteiger partial charge in [0, 0.05) is 28.4 Å². The summed E-state index contributed by atoms with van der Waals surface area (Å²) in [7, 11) is 4.49. The van der Waals surface area contributed by atoms with E-state index < -0.39 is 0 Å². The third kappa shape index (κ3) is 4.05. The molecule has 0 spiro atoms. The van der Waals surface area contributed by atoms with Crippen molar-refractivity contribution in [3.63, 3.8) is 0 Å². The van der Waals surface area contributed by atoms with Gasteiger partial charge in [0.15, 0.2) is 0 Å². The van der Waals surface area contributed by atoms with E-state index in [0.29, 0.717) is 6.04 Å². The number of halogens is 1. The molecule has 0 amide bonds. The van der Waals surface area contributed by atoms with E-state index in [9.17, 15) is 0 Å². The average molecular weight is 354 g/mol. The summed E-state index contributed by atoms with van der Waals surface area (Å²) in [6.07, 6.45) is 11.5. The fourth-order valence-corrected chi connectivity index (χ4v) is 4.19. The molecule has 3 nitrogen and oxygen atoms in total. The van der Waals surface area contributed by atoms with Gasteiger partial charge in [-0.05, 0) is 67.5 Å². The number of pyridine rings is 1. The summed E-state index contributed by atoms with van der Waals surface area (Å²) in [5, 5.41) is 3.76. The van der Waals surface area contributed by atoms with Gasteiger partial charge in [-0.3, -0.25) is 4.98 Å². The van der Waals surface area contributed by atoms with Gasteiger partial charge in [-0.15, -0.1) is 0 Å². The van der Waals surface area contributed by atoms with Crippen LogP contribution < -0.4 is 5.32 Å². The molecule has 21 heavy (non-hydrogen) atoms. The maximum atomic E-state index is 4.32. The highest BCUT2D eigenvalue weighted by Crippen LogP contribution is 2.36. The molecule has 4 heteroatoms. The predicted octanol–water partition coefficient (Wildman–Crippen LogP) is 3.63. The maximum absolute atomic E-state index is 4.32. The van der Waals surface area contributed by atoms with Gasteiger partial charge in [0.2, 0.25) is 0 Å². The van der Waals surface area contributed by atoms with Crippen LogP contribution in [0.4, 0.5) is 0 Å². The van der Waals surface area contributed by atoms with Gasteiger partial charge in [-0.1, -0.05) is 26.2 Å². The molecule has 1 heterocycles. The topological polar surface area (TPSA) is 28.2 Å². The Labute approximate surface area is 137 Å². The summed E-state index contributed by atoms with van der Waals surface area (Å²) in [4.78, 5) is 6.79. The summed E-state index contributed by atoms with van der Waals surface area (Å²) in [5.74, 6) is 0. The summed E-state index contributed by atoms with van der Waals surface area (Å²) in [6, 6.07) is 2.68. The first-order chi connectivity index (χ1) is 10.1. The highest BCUT2D eigenvalue weighted by molar-refractivity contribution is 9.10. The maximum Gasteiger partial charge on any atom is 0.0410 e. The normalized spacial score (nSPS) is 19.7. The SMILES string of the molecule is CCNC(Cc1cncc(Br)c1)C1(N(C)C)CCCCC1. The molecule has 1 aromatic rings. The average Bonchev–Trinajstić information content (AvgIpc) is 2.47. The van der Waals surface area contributed by atoms with Crippen LogP contribution in [0.3, 0.4) is 0 Å². The molecule has 0 saturated heterocycles. The molecule has 1 unspecified atom stereocenters. The second-order valence-electron chi connectivity index (χ2n) is 6.38. The van der Waals surface area contributed by atoms with Gasteiger partial charge in [0.1, 0.15) is 0 Å². The first-order valence-corrected chi connectivity index (χ1v) is 8.88. The Balaban J connectivity index is 2.23. The lowest BCUT2D eigenvalue weighted by atomic mass is 9.73. The second kappa shape index (κ2) is 7.70. The van der Waals surface area contributed by atoms with Crippen molar-refractivity contribution in [1.29, 1.82) is 0 Å². The fourth-order valence-electron chi connectivity index (χ4n) is 3.77. The molecule has 1 aromatic heterocycles. The van der Waals surface area contributed by atoms with Gasteiger partial charge in [0.25, 0.3) is 0 Å². The van der Waals surface area contributed by atoms with Crippen molar-refractivity contribution in [2.24, 2.45) is 0 Å². The summed E-state index contributed by atoms with van der Waals surface area (Å²) < 4.78 is 1.07. The van der Waals surface area contributed by atoms with E-state index >= 15 is 0 Å². The number of aromatic nitrogens is 1. The Kier molecular flexibility index (Phi) is 6.20. The molecule has 1 aliphatic carbocycles. The van der Waals surface area contributed by atoms with E-state index in [2.05, 4.69) is 58.2 Å².